The van der Waals surface area contributed by atoms with Crippen molar-refractivity contribution in [3.8, 4) is 10.4 Å². The maximum Gasteiger partial charge on any atom is 0.329 e. The molecule has 0 atom stereocenters. The molecule has 0 aliphatic carbocycles. The zero-order valence-corrected chi connectivity index (χ0v) is 12.0. The molecular formula is C14H11ClN2O2S. The fourth-order valence-electron chi connectivity index (χ4n) is 2.08. The zero-order valence-electron chi connectivity index (χ0n) is 10.4. The fraction of sp³-hybridized carbons (Fsp3) is 0.143. The van der Waals surface area contributed by atoms with Gasteiger partial charge in [-0.1, -0.05) is 30.3 Å². The molecule has 0 amide bonds. The Balaban J connectivity index is 2.24. The third-order valence-electron chi connectivity index (χ3n) is 3.04. The second kappa shape index (κ2) is 5.26. The second-order valence-corrected chi connectivity index (χ2v) is 5.73. The van der Waals surface area contributed by atoms with Gasteiger partial charge in [-0.25, -0.2) is 4.79 Å². The number of nitrogens with zero attached hydrogens (tertiary/aromatic N) is 1. The van der Waals surface area contributed by atoms with E-state index in [2.05, 4.69) is 4.98 Å². The van der Waals surface area contributed by atoms with Crippen molar-refractivity contribution in [2.45, 2.75) is 6.54 Å². The molecule has 0 saturated heterocycles. The Hall–Kier alpha value is -1.85. The molecule has 2 aromatic heterocycles. The van der Waals surface area contributed by atoms with Crippen molar-refractivity contribution >= 4 is 33.2 Å². The largest absolute Gasteiger partial charge is 0.329 e. The molecule has 102 valence electrons. The van der Waals surface area contributed by atoms with Crippen LogP contribution in [0, 0.1) is 0 Å². The van der Waals surface area contributed by atoms with Gasteiger partial charge in [0.25, 0.3) is 5.56 Å². The molecule has 0 unspecified atom stereocenters. The highest BCUT2D eigenvalue weighted by Crippen LogP contribution is 2.30. The number of alkyl halides is 1. The average molecular weight is 307 g/mol. The first-order chi connectivity index (χ1) is 9.70. The number of benzene rings is 1. The van der Waals surface area contributed by atoms with E-state index in [0.717, 1.165) is 15.0 Å². The summed E-state index contributed by atoms with van der Waals surface area (Å²) in [7, 11) is 0. The molecule has 0 aliphatic heterocycles. The topological polar surface area (TPSA) is 54.9 Å². The lowest BCUT2D eigenvalue weighted by atomic mass is 10.2. The first-order valence-electron chi connectivity index (χ1n) is 6.09. The van der Waals surface area contributed by atoms with E-state index < -0.39 is 5.69 Å². The van der Waals surface area contributed by atoms with Crippen molar-refractivity contribution in [2.75, 3.05) is 5.88 Å². The Labute approximate surface area is 123 Å². The summed E-state index contributed by atoms with van der Waals surface area (Å²) in [4.78, 5) is 28.4. The molecule has 3 rings (SSSR count). The fourth-order valence-corrected chi connectivity index (χ4v) is 3.29. The monoisotopic (exact) mass is 306 g/mol. The Morgan fingerprint density at radius 2 is 1.95 bits per heavy atom. The van der Waals surface area contributed by atoms with Gasteiger partial charge in [0.1, 0.15) is 4.83 Å². The van der Waals surface area contributed by atoms with Gasteiger partial charge in [0.15, 0.2) is 0 Å². The van der Waals surface area contributed by atoms with E-state index in [-0.39, 0.29) is 18.0 Å². The van der Waals surface area contributed by atoms with Crippen LogP contribution in [0.2, 0.25) is 0 Å². The molecule has 4 nitrogen and oxygen atoms in total. The lowest BCUT2D eigenvalue weighted by Gasteiger charge is -2.00. The van der Waals surface area contributed by atoms with Crippen LogP contribution in [0.25, 0.3) is 20.7 Å². The van der Waals surface area contributed by atoms with Crippen LogP contribution < -0.4 is 11.2 Å². The number of hydrogen-bond acceptors (Lipinski definition) is 3. The van der Waals surface area contributed by atoms with Crippen molar-refractivity contribution in [3.63, 3.8) is 0 Å². The summed E-state index contributed by atoms with van der Waals surface area (Å²) >= 11 is 7.03. The highest BCUT2D eigenvalue weighted by atomic mass is 35.5. The zero-order chi connectivity index (χ0) is 14.1. The average Bonchev–Trinajstić information content (AvgIpc) is 2.88. The molecule has 0 bridgehead atoms. The quantitative estimate of drug-likeness (QED) is 0.756. The van der Waals surface area contributed by atoms with E-state index in [0.29, 0.717) is 10.2 Å². The van der Waals surface area contributed by atoms with Gasteiger partial charge >= 0.3 is 5.69 Å². The third-order valence-corrected chi connectivity index (χ3v) is 4.31. The van der Waals surface area contributed by atoms with E-state index in [9.17, 15) is 9.59 Å². The molecule has 0 fully saturated rings. The molecule has 1 aromatic carbocycles. The highest BCUT2D eigenvalue weighted by molar-refractivity contribution is 7.21. The molecule has 0 spiro atoms. The first-order valence-corrected chi connectivity index (χ1v) is 7.44. The smallest absolute Gasteiger partial charge is 0.298 e. The lowest BCUT2D eigenvalue weighted by Crippen LogP contribution is -2.35. The maximum absolute atomic E-state index is 12.3. The van der Waals surface area contributed by atoms with Gasteiger partial charge in [-0.15, -0.1) is 22.9 Å². The number of fused-ring (bicyclic) bond motifs is 1. The van der Waals surface area contributed by atoms with E-state index in [4.69, 9.17) is 11.6 Å². The summed E-state index contributed by atoms with van der Waals surface area (Å²) in [5.41, 5.74) is 0.324. The van der Waals surface area contributed by atoms with Crippen LogP contribution in [0.3, 0.4) is 0 Å². The Morgan fingerprint density at radius 3 is 2.65 bits per heavy atom. The summed E-state index contributed by atoms with van der Waals surface area (Å²) in [6, 6.07) is 11.6. The standard InChI is InChI=1S/C14H11ClN2O2S/c15-6-7-17-13(18)10-8-11(9-4-2-1-3-5-9)20-12(10)16-14(17)19/h1-5,8H,6-7H2,(H,16,19). The summed E-state index contributed by atoms with van der Waals surface area (Å²) < 4.78 is 1.14. The van der Waals surface area contributed by atoms with Gasteiger partial charge < -0.3 is 0 Å². The lowest BCUT2D eigenvalue weighted by molar-refractivity contribution is 0.689. The van der Waals surface area contributed by atoms with E-state index in [1.54, 1.807) is 0 Å². The van der Waals surface area contributed by atoms with Crippen molar-refractivity contribution in [3.05, 3.63) is 57.2 Å². The highest BCUT2D eigenvalue weighted by Gasteiger charge is 2.11. The van der Waals surface area contributed by atoms with Gasteiger partial charge in [-0.2, -0.15) is 0 Å². The maximum atomic E-state index is 12.3. The van der Waals surface area contributed by atoms with Crippen molar-refractivity contribution in [1.82, 2.24) is 9.55 Å². The number of nitrogens with one attached hydrogen (secondary N) is 1. The molecule has 2 heterocycles. The van der Waals surface area contributed by atoms with Crippen LogP contribution in [0.5, 0.6) is 0 Å². The number of thiophene rings is 1. The number of H-pyrrole nitrogens is 1. The summed E-state index contributed by atoms with van der Waals surface area (Å²) in [5.74, 6) is 0.226. The minimum absolute atomic E-state index is 0.210. The first kappa shape index (κ1) is 13.1. The molecule has 0 aliphatic rings. The predicted octanol–water partition coefficient (Wildman–Crippen LogP) is 2.66. The summed E-state index contributed by atoms with van der Waals surface area (Å²) in [5, 5.41) is 0.526. The van der Waals surface area contributed by atoms with Crippen LogP contribution in [0.1, 0.15) is 0 Å². The normalized spacial score (nSPS) is 11.1. The minimum Gasteiger partial charge on any atom is -0.298 e. The Kier molecular flexibility index (Phi) is 3.46. The summed E-state index contributed by atoms with van der Waals surface area (Å²) in [6.45, 7) is 0.210. The van der Waals surface area contributed by atoms with Gasteiger partial charge in [-0.3, -0.25) is 14.3 Å². The van der Waals surface area contributed by atoms with Crippen LogP contribution in [0.15, 0.2) is 46.0 Å². The van der Waals surface area contributed by atoms with E-state index in [1.165, 1.54) is 11.3 Å². The number of aromatic nitrogens is 2. The van der Waals surface area contributed by atoms with Crippen LogP contribution in [-0.2, 0) is 6.54 Å². The predicted molar refractivity (Wildman–Crippen MR) is 82.9 cm³/mol. The van der Waals surface area contributed by atoms with Gasteiger partial charge in [0.2, 0.25) is 0 Å². The van der Waals surface area contributed by atoms with Crippen molar-refractivity contribution in [2.24, 2.45) is 0 Å². The van der Waals surface area contributed by atoms with E-state index >= 15 is 0 Å². The van der Waals surface area contributed by atoms with E-state index in [1.807, 2.05) is 36.4 Å². The molecule has 0 saturated carbocycles. The Bertz CT molecular complexity index is 864. The molecular weight excluding hydrogens is 296 g/mol. The molecule has 3 aromatic rings. The molecule has 0 radical (unpaired) electrons. The van der Waals surface area contributed by atoms with Crippen LogP contribution >= 0.6 is 22.9 Å². The number of aromatic amines is 1. The molecule has 1 N–H and O–H groups in total. The van der Waals surface area contributed by atoms with Gasteiger partial charge in [0.05, 0.1) is 5.39 Å². The number of hydrogen-bond donors (Lipinski definition) is 1. The molecule has 20 heavy (non-hydrogen) atoms. The SMILES string of the molecule is O=c1[nH]c2sc(-c3ccccc3)cc2c(=O)n1CCCl. The van der Waals surface area contributed by atoms with Crippen molar-refractivity contribution < 1.29 is 0 Å². The summed E-state index contributed by atoms with van der Waals surface area (Å²) in [6.07, 6.45) is 0. The molecule has 6 heteroatoms. The van der Waals surface area contributed by atoms with Crippen molar-refractivity contribution in [1.29, 1.82) is 0 Å². The number of halogens is 1. The minimum atomic E-state index is -0.412. The van der Waals surface area contributed by atoms with Gasteiger partial charge in [0, 0.05) is 17.3 Å². The van der Waals surface area contributed by atoms with Crippen LogP contribution in [0.4, 0.5) is 0 Å². The third kappa shape index (κ3) is 2.19. The number of rotatable bonds is 3. The Morgan fingerprint density at radius 1 is 1.20 bits per heavy atom. The second-order valence-electron chi connectivity index (χ2n) is 4.30. The van der Waals surface area contributed by atoms with Crippen LogP contribution in [-0.4, -0.2) is 15.4 Å². The van der Waals surface area contributed by atoms with Gasteiger partial charge in [-0.05, 0) is 11.6 Å².